The van der Waals surface area contributed by atoms with Crippen LogP contribution < -0.4 is 9.47 Å². The quantitative estimate of drug-likeness (QED) is 0.696. The Kier molecular flexibility index (Phi) is 4.74. The van der Waals surface area contributed by atoms with Gasteiger partial charge in [-0.2, -0.15) is 0 Å². The number of ether oxygens (including phenoxy) is 2. The van der Waals surface area contributed by atoms with Crippen molar-refractivity contribution in [2.75, 3.05) is 20.8 Å². The van der Waals surface area contributed by atoms with E-state index < -0.39 is 18.8 Å². The van der Waals surface area contributed by atoms with E-state index in [9.17, 15) is 10.2 Å². The van der Waals surface area contributed by atoms with E-state index >= 15 is 0 Å². The number of aliphatic hydroxyl groups excluding tert-OH is 3. The van der Waals surface area contributed by atoms with Gasteiger partial charge >= 0.3 is 0 Å². The van der Waals surface area contributed by atoms with Crippen molar-refractivity contribution in [3.05, 3.63) is 23.3 Å². The van der Waals surface area contributed by atoms with Gasteiger partial charge < -0.3 is 24.8 Å². The van der Waals surface area contributed by atoms with Crippen LogP contribution in [0.5, 0.6) is 11.5 Å². The molecule has 0 amide bonds. The fraction of sp³-hybridized carbons (Fsp3) is 0.500. The standard InChI is InChI=1S/C12H18O5/c1-7-4-8(11(15)9(14)6-13)5-10(16-2)12(7)17-3/h4-5,9,11,13-15H,6H2,1-3H3. The van der Waals surface area contributed by atoms with Crippen LogP contribution in [0.25, 0.3) is 0 Å². The van der Waals surface area contributed by atoms with Crippen LogP contribution >= 0.6 is 0 Å². The van der Waals surface area contributed by atoms with Crippen LogP contribution in [0.3, 0.4) is 0 Å². The van der Waals surface area contributed by atoms with E-state index in [0.717, 1.165) is 5.56 Å². The maximum atomic E-state index is 9.79. The first-order chi connectivity index (χ1) is 8.04. The van der Waals surface area contributed by atoms with Gasteiger partial charge in [-0.3, -0.25) is 0 Å². The number of methoxy groups -OCH3 is 2. The Labute approximate surface area is 100 Å². The number of hydrogen-bond acceptors (Lipinski definition) is 5. The first kappa shape index (κ1) is 13.8. The van der Waals surface area contributed by atoms with E-state index in [4.69, 9.17) is 14.6 Å². The Morgan fingerprint density at radius 1 is 1.18 bits per heavy atom. The second-order valence-electron chi connectivity index (χ2n) is 3.77. The molecule has 0 fully saturated rings. The monoisotopic (exact) mass is 242 g/mol. The van der Waals surface area contributed by atoms with Crippen LogP contribution in [-0.4, -0.2) is 42.3 Å². The fourth-order valence-corrected chi connectivity index (χ4v) is 1.67. The third-order valence-electron chi connectivity index (χ3n) is 2.58. The molecule has 1 rings (SSSR count). The Balaban J connectivity index is 3.15. The van der Waals surface area contributed by atoms with Gasteiger partial charge in [0.1, 0.15) is 12.2 Å². The Morgan fingerprint density at radius 2 is 1.82 bits per heavy atom. The van der Waals surface area contributed by atoms with Crippen molar-refractivity contribution in [3.63, 3.8) is 0 Å². The van der Waals surface area contributed by atoms with Gasteiger partial charge in [0.05, 0.1) is 20.8 Å². The van der Waals surface area contributed by atoms with Crippen LogP contribution in [0.15, 0.2) is 12.1 Å². The predicted octanol–water partition coefficient (Wildman–Crippen LogP) is 0.399. The molecule has 0 spiro atoms. The normalized spacial score (nSPS) is 14.2. The van der Waals surface area contributed by atoms with Gasteiger partial charge in [0.15, 0.2) is 11.5 Å². The van der Waals surface area contributed by atoms with Crippen molar-refractivity contribution in [1.82, 2.24) is 0 Å². The molecule has 0 aliphatic rings. The molecular formula is C12H18O5. The zero-order valence-corrected chi connectivity index (χ0v) is 10.2. The van der Waals surface area contributed by atoms with Crippen molar-refractivity contribution in [2.45, 2.75) is 19.1 Å². The van der Waals surface area contributed by atoms with E-state index in [-0.39, 0.29) is 0 Å². The minimum atomic E-state index is -1.22. The summed E-state index contributed by atoms with van der Waals surface area (Å²) in [5.74, 6) is 1.06. The molecule has 0 aliphatic heterocycles. The van der Waals surface area contributed by atoms with Crippen molar-refractivity contribution in [1.29, 1.82) is 0 Å². The minimum absolute atomic E-state index is 0.474. The molecule has 0 radical (unpaired) electrons. The van der Waals surface area contributed by atoms with Gasteiger partial charge in [-0.15, -0.1) is 0 Å². The molecule has 0 saturated carbocycles. The molecular weight excluding hydrogens is 224 g/mol. The number of aliphatic hydroxyl groups is 3. The van der Waals surface area contributed by atoms with Gasteiger partial charge in [0.25, 0.3) is 0 Å². The maximum Gasteiger partial charge on any atom is 0.163 e. The lowest BCUT2D eigenvalue weighted by molar-refractivity contribution is -0.0153. The molecule has 96 valence electrons. The number of aryl methyl sites for hydroxylation is 1. The Hall–Kier alpha value is -1.30. The lowest BCUT2D eigenvalue weighted by Crippen LogP contribution is -2.22. The van der Waals surface area contributed by atoms with E-state index in [1.165, 1.54) is 14.2 Å². The van der Waals surface area contributed by atoms with Crippen molar-refractivity contribution >= 4 is 0 Å². The lowest BCUT2D eigenvalue weighted by Gasteiger charge is -2.19. The molecule has 1 aromatic rings. The van der Waals surface area contributed by atoms with Gasteiger partial charge in [-0.05, 0) is 30.2 Å². The van der Waals surface area contributed by atoms with Gasteiger partial charge in [0, 0.05) is 0 Å². The van der Waals surface area contributed by atoms with E-state index in [2.05, 4.69) is 0 Å². The highest BCUT2D eigenvalue weighted by Crippen LogP contribution is 2.34. The highest BCUT2D eigenvalue weighted by Gasteiger charge is 2.20. The zero-order valence-electron chi connectivity index (χ0n) is 10.2. The Bertz CT molecular complexity index is 377. The molecule has 5 nitrogen and oxygen atoms in total. The molecule has 0 heterocycles. The first-order valence-corrected chi connectivity index (χ1v) is 5.24. The summed E-state index contributed by atoms with van der Waals surface area (Å²) in [7, 11) is 3.03. The maximum absolute atomic E-state index is 9.79. The number of rotatable bonds is 5. The largest absolute Gasteiger partial charge is 0.493 e. The molecule has 0 bridgehead atoms. The first-order valence-electron chi connectivity index (χ1n) is 5.24. The van der Waals surface area contributed by atoms with Crippen LogP contribution in [0.1, 0.15) is 17.2 Å². The summed E-state index contributed by atoms with van der Waals surface area (Å²) < 4.78 is 10.3. The van der Waals surface area contributed by atoms with Crippen molar-refractivity contribution in [3.8, 4) is 11.5 Å². The number of benzene rings is 1. The summed E-state index contributed by atoms with van der Waals surface area (Å²) >= 11 is 0. The van der Waals surface area contributed by atoms with Crippen molar-refractivity contribution < 1.29 is 24.8 Å². The van der Waals surface area contributed by atoms with E-state index in [1.54, 1.807) is 12.1 Å². The molecule has 17 heavy (non-hydrogen) atoms. The summed E-state index contributed by atoms with van der Waals surface area (Å²) in [6.07, 6.45) is -2.37. The average Bonchev–Trinajstić information content (AvgIpc) is 2.35. The SMILES string of the molecule is COc1cc(C(O)C(O)CO)cc(C)c1OC. The zero-order chi connectivity index (χ0) is 13.0. The average molecular weight is 242 g/mol. The third kappa shape index (κ3) is 2.88. The van der Waals surface area contributed by atoms with Gasteiger partial charge in [0.2, 0.25) is 0 Å². The fourth-order valence-electron chi connectivity index (χ4n) is 1.67. The lowest BCUT2D eigenvalue weighted by atomic mass is 10.0. The molecule has 1 aromatic carbocycles. The van der Waals surface area contributed by atoms with Crippen LogP contribution in [-0.2, 0) is 0 Å². The minimum Gasteiger partial charge on any atom is -0.493 e. The molecule has 0 aromatic heterocycles. The third-order valence-corrected chi connectivity index (χ3v) is 2.58. The molecule has 3 N–H and O–H groups in total. The second kappa shape index (κ2) is 5.86. The highest BCUT2D eigenvalue weighted by molar-refractivity contribution is 5.49. The summed E-state index contributed by atoms with van der Waals surface area (Å²) in [6, 6.07) is 3.26. The Morgan fingerprint density at radius 3 is 2.29 bits per heavy atom. The van der Waals surface area contributed by atoms with E-state index in [1.807, 2.05) is 6.92 Å². The molecule has 0 saturated heterocycles. The van der Waals surface area contributed by atoms with Crippen LogP contribution in [0.2, 0.25) is 0 Å². The topological polar surface area (TPSA) is 79.2 Å². The van der Waals surface area contributed by atoms with Crippen molar-refractivity contribution in [2.24, 2.45) is 0 Å². The summed E-state index contributed by atoms with van der Waals surface area (Å²) in [5.41, 5.74) is 1.26. The van der Waals surface area contributed by atoms with Crippen LogP contribution in [0, 0.1) is 6.92 Å². The van der Waals surface area contributed by atoms with Gasteiger partial charge in [-0.1, -0.05) is 0 Å². The summed E-state index contributed by atoms with van der Waals surface area (Å²) in [4.78, 5) is 0. The van der Waals surface area contributed by atoms with E-state index in [0.29, 0.717) is 17.1 Å². The van der Waals surface area contributed by atoms with Gasteiger partial charge in [-0.25, -0.2) is 0 Å². The van der Waals surface area contributed by atoms with Crippen LogP contribution in [0.4, 0.5) is 0 Å². The number of hydrogen-bond donors (Lipinski definition) is 3. The highest BCUT2D eigenvalue weighted by atomic mass is 16.5. The molecule has 2 unspecified atom stereocenters. The molecule has 0 aliphatic carbocycles. The smallest absolute Gasteiger partial charge is 0.163 e. The summed E-state index contributed by atoms with van der Waals surface area (Å²) in [6.45, 7) is 1.30. The molecule has 5 heteroatoms. The molecule has 2 atom stereocenters. The summed E-state index contributed by atoms with van der Waals surface area (Å²) in [5, 5.41) is 28.0. The second-order valence-corrected chi connectivity index (χ2v) is 3.77. The predicted molar refractivity (Wildman–Crippen MR) is 62.3 cm³/mol.